The average molecular weight is 317 g/mol. The van der Waals surface area contributed by atoms with Crippen LogP contribution in [0.5, 0.6) is 0 Å². The Morgan fingerprint density at radius 1 is 1.45 bits per heavy atom. The predicted octanol–water partition coefficient (Wildman–Crippen LogP) is 2.01. The summed E-state index contributed by atoms with van der Waals surface area (Å²) in [5.74, 6) is -1.29. The topological polar surface area (TPSA) is 73.3 Å². The number of ether oxygens (including phenoxy) is 2. The Morgan fingerprint density at radius 2 is 2.23 bits per heavy atom. The van der Waals surface area contributed by atoms with E-state index in [-0.39, 0.29) is 24.2 Å². The van der Waals surface area contributed by atoms with Gasteiger partial charge in [-0.2, -0.15) is 13.2 Å². The highest BCUT2D eigenvalue weighted by atomic mass is 19.4. The van der Waals surface area contributed by atoms with Gasteiger partial charge in [-0.3, -0.25) is 0 Å². The quantitative estimate of drug-likeness (QED) is 0.860. The second kappa shape index (κ2) is 5.38. The number of nitrogens with one attached hydrogen (secondary N) is 1. The van der Waals surface area contributed by atoms with E-state index in [2.05, 4.69) is 20.0 Å². The molecule has 2 fully saturated rings. The van der Waals surface area contributed by atoms with Crippen molar-refractivity contribution in [3.8, 4) is 0 Å². The van der Waals surface area contributed by atoms with E-state index in [9.17, 15) is 18.0 Å². The summed E-state index contributed by atoms with van der Waals surface area (Å²) in [7, 11) is 1.00. The third-order valence-corrected chi connectivity index (χ3v) is 3.88. The Balaban J connectivity index is 1.85. The van der Waals surface area contributed by atoms with E-state index in [0.717, 1.165) is 26.1 Å². The lowest BCUT2D eigenvalue weighted by Crippen LogP contribution is -2.31. The van der Waals surface area contributed by atoms with Crippen LogP contribution >= 0.6 is 0 Å². The third kappa shape index (κ3) is 2.72. The SMILES string of the molecule is COC(=O)c1cnc(N[C@H]2C[C@@H]3CC[C@H]2O3)nc1C(F)(F)F. The fourth-order valence-electron chi connectivity index (χ4n) is 2.88. The molecule has 22 heavy (non-hydrogen) atoms. The summed E-state index contributed by atoms with van der Waals surface area (Å²) >= 11 is 0. The number of nitrogens with zero attached hydrogens (tertiary/aromatic N) is 2. The summed E-state index contributed by atoms with van der Waals surface area (Å²) in [5.41, 5.74) is -2.01. The zero-order valence-corrected chi connectivity index (χ0v) is 11.7. The summed E-state index contributed by atoms with van der Waals surface area (Å²) in [6, 6.07) is -0.108. The highest BCUT2D eigenvalue weighted by Gasteiger charge is 2.42. The molecular formula is C13H14F3N3O3. The molecule has 0 unspecified atom stereocenters. The van der Waals surface area contributed by atoms with Gasteiger partial charge in [0.05, 0.1) is 25.4 Å². The Kier molecular flexibility index (Phi) is 3.67. The number of rotatable bonds is 3. The van der Waals surface area contributed by atoms with Crippen LogP contribution in [0.4, 0.5) is 19.1 Å². The number of hydrogen-bond donors (Lipinski definition) is 1. The Morgan fingerprint density at radius 3 is 2.77 bits per heavy atom. The van der Waals surface area contributed by atoms with Crippen molar-refractivity contribution in [2.75, 3.05) is 12.4 Å². The summed E-state index contributed by atoms with van der Waals surface area (Å²) in [4.78, 5) is 18.6. The Hall–Kier alpha value is -1.90. The van der Waals surface area contributed by atoms with Crippen LogP contribution in [-0.4, -0.2) is 41.3 Å². The van der Waals surface area contributed by atoms with Gasteiger partial charge in [0.2, 0.25) is 5.95 Å². The lowest BCUT2D eigenvalue weighted by atomic mass is 9.96. The van der Waals surface area contributed by atoms with Gasteiger partial charge >= 0.3 is 12.1 Å². The minimum Gasteiger partial charge on any atom is -0.465 e. The van der Waals surface area contributed by atoms with Gasteiger partial charge in [-0.25, -0.2) is 14.8 Å². The van der Waals surface area contributed by atoms with Gasteiger partial charge in [0.15, 0.2) is 5.69 Å². The van der Waals surface area contributed by atoms with Crippen molar-refractivity contribution in [1.29, 1.82) is 0 Å². The summed E-state index contributed by atoms with van der Waals surface area (Å²) < 4.78 is 49.1. The molecule has 0 aliphatic carbocycles. The van der Waals surface area contributed by atoms with Gasteiger partial charge in [-0.1, -0.05) is 0 Å². The third-order valence-electron chi connectivity index (χ3n) is 3.88. The van der Waals surface area contributed by atoms with Gasteiger partial charge in [0.1, 0.15) is 5.56 Å². The lowest BCUT2D eigenvalue weighted by molar-refractivity contribution is -0.141. The fourth-order valence-corrected chi connectivity index (χ4v) is 2.88. The number of methoxy groups -OCH3 is 1. The number of esters is 1. The van der Waals surface area contributed by atoms with Crippen molar-refractivity contribution in [3.05, 3.63) is 17.5 Å². The number of carbonyl (C=O) groups is 1. The van der Waals surface area contributed by atoms with Crippen molar-refractivity contribution >= 4 is 11.9 Å². The first-order valence-electron chi connectivity index (χ1n) is 6.83. The first-order valence-corrected chi connectivity index (χ1v) is 6.83. The fraction of sp³-hybridized carbons (Fsp3) is 0.615. The first kappa shape index (κ1) is 15.0. The molecule has 0 saturated carbocycles. The maximum absolute atomic E-state index is 13.0. The summed E-state index contributed by atoms with van der Waals surface area (Å²) in [5, 5.41) is 2.87. The van der Waals surface area contributed by atoms with E-state index in [1.54, 1.807) is 0 Å². The van der Waals surface area contributed by atoms with Crippen LogP contribution in [-0.2, 0) is 15.7 Å². The molecule has 1 aromatic heterocycles. The molecule has 9 heteroatoms. The second-order valence-electron chi connectivity index (χ2n) is 5.31. The van der Waals surface area contributed by atoms with E-state index >= 15 is 0 Å². The maximum Gasteiger partial charge on any atom is 0.434 e. The molecule has 0 amide bonds. The molecule has 6 nitrogen and oxygen atoms in total. The van der Waals surface area contributed by atoms with Crippen molar-refractivity contribution < 1.29 is 27.4 Å². The molecule has 1 aromatic rings. The van der Waals surface area contributed by atoms with E-state index < -0.39 is 23.4 Å². The maximum atomic E-state index is 13.0. The second-order valence-corrected chi connectivity index (χ2v) is 5.31. The summed E-state index contributed by atoms with van der Waals surface area (Å²) in [6.45, 7) is 0. The standard InChI is InChI=1S/C13H14F3N3O3/c1-21-11(20)7-5-17-12(19-10(7)13(14,15)16)18-8-4-6-2-3-9(8)22-6/h5-6,8-9H,2-4H2,1H3,(H,17,18,19)/t6-,8-,9+/m0/s1. The Bertz CT molecular complexity index is 594. The average Bonchev–Trinajstić information content (AvgIpc) is 3.08. The predicted molar refractivity (Wildman–Crippen MR) is 68.3 cm³/mol. The highest BCUT2D eigenvalue weighted by Crippen LogP contribution is 2.36. The number of aromatic nitrogens is 2. The van der Waals surface area contributed by atoms with E-state index in [1.165, 1.54) is 0 Å². The van der Waals surface area contributed by atoms with E-state index in [0.29, 0.717) is 6.42 Å². The monoisotopic (exact) mass is 317 g/mol. The van der Waals surface area contributed by atoms with Gasteiger partial charge in [0.25, 0.3) is 0 Å². The number of hydrogen-bond acceptors (Lipinski definition) is 6. The normalized spacial score (nSPS) is 27.0. The first-order chi connectivity index (χ1) is 10.4. The number of alkyl halides is 3. The van der Waals surface area contributed by atoms with Crippen molar-refractivity contribution in [2.45, 2.75) is 43.7 Å². The molecule has 3 heterocycles. The minimum atomic E-state index is -4.77. The molecule has 2 aliphatic rings. The van der Waals surface area contributed by atoms with Crippen LogP contribution in [0.25, 0.3) is 0 Å². The molecule has 3 atom stereocenters. The number of halogens is 3. The molecule has 1 N–H and O–H groups in total. The molecule has 0 spiro atoms. The molecule has 3 rings (SSSR count). The van der Waals surface area contributed by atoms with Crippen LogP contribution in [0.3, 0.4) is 0 Å². The van der Waals surface area contributed by atoms with E-state index in [1.807, 2.05) is 0 Å². The van der Waals surface area contributed by atoms with Crippen LogP contribution in [0.15, 0.2) is 6.20 Å². The Labute approximate surface area is 124 Å². The molecule has 0 aromatic carbocycles. The van der Waals surface area contributed by atoms with Gasteiger partial charge < -0.3 is 14.8 Å². The molecule has 120 valence electrons. The van der Waals surface area contributed by atoms with Crippen LogP contribution in [0, 0.1) is 0 Å². The van der Waals surface area contributed by atoms with Crippen LogP contribution in [0.2, 0.25) is 0 Å². The zero-order chi connectivity index (χ0) is 15.9. The minimum absolute atomic E-state index is 0.0248. The molecule has 0 radical (unpaired) electrons. The molecule has 2 saturated heterocycles. The molecule has 2 aliphatic heterocycles. The lowest BCUT2D eigenvalue weighted by Gasteiger charge is -2.20. The van der Waals surface area contributed by atoms with Gasteiger partial charge in [-0.15, -0.1) is 0 Å². The van der Waals surface area contributed by atoms with Crippen LogP contribution < -0.4 is 5.32 Å². The van der Waals surface area contributed by atoms with Crippen molar-refractivity contribution in [3.63, 3.8) is 0 Å². The van der Waals surface area contributed by atoms with Crippen molar-refractivity contribution in [1.82, 2.24) is 9.97 Å². The van der Waals surface area contributed by atoms with E-state index in [4.69, 9.17) is 4.74 Å². The van der Waals surface area contributed by atoms with Crippen LogP contribution in [0.1, 0.15) is 35.3 Å². The number of fused-ring (bicyclic) bond motifs is 2. The highest BCUT2D eigenvalue weighted by molar-refractivity contribution is 5.90. The largest absolute Gasteiger partial charge is 0.465 e. The smallest absolute Gasteiger partial charge is 0.434 e. The van der Waals surface area contributed by atoms with Crippen molar-refractivity contribution in [2.24, 2.45) is 0 Å². The van der Waals surface area contributed by atoms with Gasteiger partial charge in [-0.05, 0) is 19.3 Å². The zero-order valence-electron chi connectivity index (χ0n) is 11.7. The number of anilines is 1. The number of carbonyl (C=O) groups excluding carboxylic acids is 1. The molecular weight excluding hydrogens is 303 g/mol. The molecule has 2 bridgehead atoms. The summed E-state index contributed by atoms with van der Waals surface area (Å²) in [6.07, 6.45) is -1.25. The van der Waals surface area contributed by atoms with Gasteiger partial charge in [0, 0.05) is 6.20 Å².